The molecule has 2 aromatic carbocycles. The highest BCUT2D eigenvalue weighted by atomic mass is 19.1. The predicted molar refractivity (Wildman–Crippen MR) is 78.2 cm³/mol. The zero-order chi connectivity index (χ0) is 17.7. The van der Waals surface area contributed by atoms with Crippen LogP contribution in [0.5, 0.6) is 5.75 Å². The van der Waals surface area contributed by atoms with E-state index in [4.69, 9.17) is 9.47 Å². The van der Waals surface area contributed by atoms with Gasteiger partial charge < -0.3 is 14.8 Å². The van der Waals surface area contributed by atoms with Crippen LogP contribution in [-0.4, -0.2) is 25.6 Å². The van der Waals surface area contributed by atoms with E-state index in [1.165, 1.54) is 19.2 Å². The molecule has 0 aliphatic carbocycles. The van der Waals surface area contributed by atoms with Gasteiger partial charge in [0.15, 0.2) is 18.2 Å². The van der Waals surface area contributed by atoms with E-state index in [9.17, 15) is 22.8 Å². The fourth-order valence-electron chi connectivity index (χ4n) is 1.78. The zero-order valence-electron chi connectivity index (χ0n) is 12.4. The van der Waals surface area contributed by atoms with Crippen molar-refractivity contribution in [3.05, 3.63) is 59.4 Å². The van der Waals surface area contributed by atoms with Crippen molar-refractivity contribution in [1.82, 2.24) is 0 Å². The summed E-state index contributed by atoms with van der Waals surface area (Å²) >= 11 is 0. The normalized spacial score (nSPS) is 10.2. The van der Waals surface area contributed by atoms with E-state index >= 15 is 0 Å². The first kappa shape index (κ1) is 17.3. The Morgan fingerprint density at radius 2 is 1.79 bits per heavy atom. The first-order valence-corrected chi connectivity index (χ1v) is 6.66. The molecule has 0 fully saturated rings. The number of rotatable bonds is 5. The van der Waals surface area contributed by atoms with E-state index in [-0.39, 0.29) is 17.0 Å². The molecule has 1 N–H and O–H groups in total. The van der Waals surface area contributed by atoms with E-state index in [0.717, 1.165) is 18.2 Å². The summed E-state index contributed by atoms with van der Waals surface area (Å²) in [7, 11) is 1.27. The highest BCUT2D eigenvalue weighted by Gasteiger charge is 2.14. The number of carbonyl (C=O) groups excluding carboxylic acids is 2. The summed E-state index contributed by atoms with van der Waals surface area (Å²) in [5.74, 6) is -4.33. The summed E-state index contributed by atoms with van der Waals surface area (Å²) in [5, 5.41) is 2.12. The summed E-state index contributed by atoms with van der Waals surface area (Å²) in [4.78, 5) is 23.3. The van der Waals surface area contributed by atoms with Gasteiger partial charge in [0.25, 0.3) is 5.91 Å². The van der Waals surface area contributed by atoms with E-state index in [1.54, 1.807) is 0 Å². The lowest BCUT2D eigenvalue weighted by Crippen LogP contribution is -2.21. The van der Waals surface area contributed by atoms with Crippen LogP contribution in [0.15, 0.2) is 36.4 Å². The molecule has 2 rings (SSSR count). The van der Waals surface area contributed by atoms with Crippen LogP contribution in [0.4, 0.5) is 18.9 Å². The van der Waals surface area contributed by atoms with Crippen molar-refractivity contribution in [3.63, 3.8) is 0 Å². The fraction of sp³-hybridized carbons (Fsp3) is 0.125. The number of carbonyl (C=O) groups is 2. The summed E-state index contributed by atoms with van der Waals surface area (Å²) < 4.78 is 49.0. The molecular weight excluding hydrogens is 327 g/mol. The zero-order valence-corrected chi connectivity index (χ0v) is 12.4. The Labute approximate surface area is 135 Å². The van der Waals surface area contributed by atoms with Crippen LogP contribution < -0.4 is 10.1 Å². The molecule has 0 aliphatic rings. The Balaban J connectivity index is 1.93. The summed E-state index contributed by atoms with van der Waals surface area (Å²) in [6, 6.07) is 6.00. The Bertz CT molecular complexity index is 780. The predicted octanol–water partition coefficient (Wildman–Crippen LogP) is 2.91. The van der Waals surface area contributed by atoms with Gasteiger partial charge in [0.1, 0.15) is 11.6 Å². The Morgan fingerprint density at radius 3 is 2.42 bits per heavy atom. The van der Waals surface area contributed by atoms with Crippen molar-refractivity contribution in [2.75, 3.05) is 19.0 Å². The van der Waals surface area contributed by atoms with Gasteiger partial charge in [0, 0.05) is 6.07 Å². The smallest absolute Gasteiger partial charge is 0.338 e. The van der Waals surface area contributed by atoms with E-state index < -0.39 is 35.9 Å². The highest BCUT2D eigenvalue weighted by molar-refractivity contribution is 5.95. The van der Waals surface area contributed by atoms with Crippen LogP contribution in [0.2, 0.25) is 0 Å². The molecule has 0 saturated carbocycles. The number of methoxy groups -OCH3 is 1. The number of benzene rings is 2. The first-order valence-electron chi connectivity index (χ1n) is 6.66. The average Bonchev–Trinajstić information content (AvgIpc) is 2.55. The molecule has 0 aliphatic heterocycles. The number of hydrogen-bond donors (Lipinski definition) is 1. The van der Waals surface area contributed by atoms with Crippen LogP contribution in [0.25, 0.3) is 0 Å². The van der Waals surface area contributed by atoms with Crippen molar-refractivity contribution in [2.45, 2.75) is 0 Å². The number of anilines is 1. The third-order valence-electron chi connectivity index (χ3n) is 2.93. The second-order valence-corrected chi connectivity index (χ2v) is 4.60. The molecule has 126 valence electrons. The largest absolute Gasteiger partial charge is 0.494 e. The van der Waals surface area contributed by atoms with Crippen molar-refractivity contribution < 1.29 is 32.2 Å². The van der Waals surface area contributed by atoms with Crippen molar-refractivity contribution >= 4 is 17.6 Å². The van der Waals surface area contributed by atoms with Crippen LogP contribution in [0.1, 0.15) is 10.4 Å². The number of hydrogen-bond acceptors (Lipinski definition) is 4. The molecule has 0 saturated heterocycles. The van der Waals surface area contributed by atoms with Gasteiger partial charge in [-0.15, -0.1) is 0 Å². The first-order chi connectivity index (χ1) is 11.4. The molecule has 5 nitrogen and oxygen atoms in total. The standard InChI is InChI=1S/C16H12F3NO4/c1-23-14-5-2-9(6-12(14)19)16(22)24-8-15(21)20-13-4-3-10(17)7-11(13)18/h2-7H,8H2,1H3,(H,20,21). The minimum Gasteiger partial charge on any atom is -0.494 e. The van der Waals surface area contributed by atoms with E-state index in [2.05, 4.69) is 5.32 Å². The summed E-state index contributed by atoms with van der Waals surface area (Å²) in [6.07, 6.45) is 0. The Hall–Kier alpha value is -3.03. The second kappa shape index (κ2) is 7.49. The van der Waals surface area contributed by atoms with Crippen LogP contribution in [0.3, 0.4) is 0 Å². The maximum absolute atomic E-state index is 13.5. The topological polar surface area (TPSA) is 64.6 Å². The minimum atomic E-state index is -0.966. The molecule has 0 radical (unpaired) electrons. The van der Waals surface area contributed by atoms with Crippen LogP contribution in [-0.2, 0) is 9.53 Å². The van der Waals surface area contributed by atoms with E-state index in [0.29, 0.717) is 6.07 Å². The number of esters is 1. The lowest BCUT2D eigenvalue weighted by atomic mass is 10.2. The average molecular weight is 339 g/mol. The molecule has 0 aromatic heterocycles. The molecule has 0 unspecified atom stereocenters. The number of halogens is 3. The number of nitrogens with one attached hydrogen (secondary N) is 1. The molecule has 24 heavy (non-hydrogen) atoms. The van der Waals surface area contributed by atoms with Gasteiger partial charge in [0.2, 0.25) is 0 Å². The van der Waals surface area contributed by atoms with Gasteiger partial charge in [-0.2, -0.15) is 0 Å². The van der Waals surface area contributed by atoms with Crippen LogP contribution >= 0.6 is 0 Å². The lowest BCUT2D eigenvalue weighted by molar-refractivity contribution is -0.119. The lowest BCUT2D eigenvalue weighted by Gasteiger charge is -2.08. The second-order valence-electron chi connectivity index (χ2n) is 4.60. The highest BCUT2D eigenvalue weighted by Crippen LogP contribution is 2.18. The monoisotopic (exact) mass is 339 g/mol. The summed E-state index contributed by atoms with van der Waals surface area (Å²) in [5.41, 5.74) is -0.373. The molecule has 8 heteroatoms. The maximum Gasteiger partial charge on any atom is 0.338 e. The van der Waals surface area contributed by atoms with Crippen molar-refractivity contribution in [1.29, 1.82) is 0 Å². The van der Waals surface area contributed by atoms with Crippen molar-refractivity contribution in [2.24, 2.45) is 0 Å². The fourth-order valence-corrected chi connectivity index (χ4v) is 1.78. The van der Waals surface area contributed by atoms with E-state index in [1.807, 2.05) is 0 Å². The number of ether oxygens (including phenoxy) is 2. The molecule has 2 aromatic rings. The summed E-state index contributed by atoms with van der Waals surface area (Å²) in [6.45, 7) is -0.719. The van der Waals surface area contributed by atoms with Gasteiger partial charge in [-0.3, -0.25) is 4.79 Å². The molecule has 0 bridgehead atoms. The Kier molecular flexibility index (Phi) is 5.41. The quantitative estimate of drug-likeness (QED) is 0.851. The molecule has 1 amide bonds. The number of amides is 1. The van der Waals surface area contributed by atoms with Gasteiger partial charge in [-0.1, -0.05) is 0 Å². The third kappa shape index (κ3) is 4.25. The maximum atomic E-state index is 13.5. The van der Waals surface area contributed by atoms with Crippen molar-refractivity contribution in [3.8, 4) is 5.75 Å². The Morgan fingerprint density at radius 1 is 1.04 bits per heavy atom. The van der Waals surface area contributed by atoms with Crippen LogP contribution in [0, 0.1) is 17.5 Å². The molecule has 0 spiro atoms. The molecular formula is C16H12F3NO4. The van der Waals surface area contributed by atoms with Gasteiger partial charge in [-0.25, -0.2) is 18.0 Å². The van der Waals surface area contributed by atoms with Gasteiger partial charge >= 0.3 is 5.97 Å². The molecule has 0 heterocycles. The third-order valence-corrected chi connectivity index (χ3v) is 2.93. The molecule has 0 atom stereocenters. The SMILES string of the molecule is COc1ccc(C(=O)OCC(=O)Nc2ccc(F)cc2F)cc1F. The van der Waals surface area contributed by atoms with Gasteiger partial charge in [-0.05, 0) is 30.3 Å². The minimum absolute atomic E-state index is 0.0453. The van der Waals surface area contributed by atoms with Gasteiger partial charge in [0.05, 0.1) is 18.4 Å².